The van der Waals surface area contributed by atoms with E-state index >= 15 is 0 Å². The maximum Gasteiger partial charge on any atom is 0.453 e. The molecule has 1 aromatic heterocycles. The lowest BCUT2D eigenvalue weighted by atomic mass is 9.81. The van der Waals surface area contributed by atoms with Crippen molar-refractivity contribution in [2.75, 3.05) is 5.32 Å². The van der Waals surface area contributed by atoms with Crippen LogP contribution in [0, 0.1) is 12.8 Å². The van der Waals surface area contributed by atoms with Crippen LogP contribution in [0.1, 0.15) is 42.8 Å². The molecular weight excluding hydrogens is 345 g/mol. The van der Waals surface area contributed by atoms with Gasteiger partial charge >= 0.3 is 6.18 Å². The minimum atomic E-state index is -4.65. The number of nitrogens with zero attached hydrogens (tertiary/aromatic N) is 3. The smallest absolute Gasteiger partial charge is 0.328 e. The number of alkyl halides is 3. The molecule has 1 aliphatic heterocycles. The number of hydrogen-bond acceptors (Lipinski definition) is 4. The first-order chi connectivity index (χ1) is 12.2. The van der Waals surface area contributed by atoms with E-state index in [1.165, 1.54) is 4.68 Å². The van der Waals surface area contributed by atoms with Crippen LogP contribution < -0.4 is 5.32 Å². The summed E-state index contributed by atoms with van der Waals surface area (Å²) in [5.41, 5.74) is 2.87. The number of fused-ring (bicyclic) bond motifs is 1. The Morgan fingerprint density at radius 3 is 2.54 bits per heavy atom. The molecule has 1 aromatic carbocycles. The number of hydrogen-bond donors (Lipinski definition) is 1. The van der Waals surface area contributed by atoms with Gasteiger partial charge in [0.2, 0.25) is 5.95 Å². The maximum atomic E-state index is 13.1. The summed E-state index contributed by atoms with van der Waals surface area (Å²) < 4.78 is 40.5. The summed E-state index contributed by atoms with van der Waals surface area (Å²) in [5, 5.41) is 6.59. The summed E-state index contributed by atoms with van der Waals surface area (Å²) in [5.74, 6) is -1.13. The number of carbonyl (C=O) groups excluding carboxylic acids is 1. The van der Waals surface area contributed by atoms with Crippen LogP contribution >= 0.6 is 0 Å². The lowest BCUT2D eigenvalue weighted by Gasteiger charge is -2.34. The molecule has 2 heterocycles. The Hall–Kier alpha value is -2.64. The van der Waals surface area contributed by atoms with Gasteiger partial charge in [-0.05, 0) is 24.8 Å². The molecule has 0 saturated carbocycles. The maximum absolute atomic E-state index is 13.1. The molecule has 5 nitrogen and oxygen atoms in total. The normalized spacial score (nSPS) is 22.7. The molecule has 1 N–H and O–H groups in total. The standard InChI is InChI=1S/C18H17F3N4O/c1-9-3-5-11(6-4-9)15-14-12(7-10(2)8-13(14)26)22-17-23-16(18(19,20)21)24-25(15)17/h3-6,10,15H,7-8H2,1-2H3,(H,22,23,24)/t10-,15+/m1/s1. The van der Waals surface area contributed by atoms with Crippen molar-refractivity contribution in [2.24, 2.45) is 5.92 Å². The topological polar surface area (TPSA) is 59.8 Å². The van der Waals surface area contributed by atoms with Crippen LogP contribution in [0.3, 0.4) is 0 Å². The number of halogens is 3. The van der Waals surface area contributed by atoms with Crippen LogP contribution in [0.5, 0.6) is 0 Å². The van der Waals surface area contributed by atoms with Crippen LogP contribution in [0.25, 0.3) is 0 Å². The van der Waals surface area contributed by atoms with E-state index in [1.807, 2.05) is 38.1 Å². The highest BCUT2D eigenvalue weighted by atomic mass is 19.4. The predicted octanol–water partition coefficient (Wildman–Crippen LogP) is 3.87. The second-order valence-electron chi connectivity index (χ2n) is 6.97. The molecule has 0 fully saturated rings. The van der Waals surface area contributed by atoms with Gasteiger partial charge in [-0.2, -0.15) is 18.2 Å². The predicted molar refractivity (Wildman–Crippen MR) is 88.4 cm³/mol. The van der Waals surface area contributed by atoms with Gasteiger partial charge in [-0.15, -0.1) is 5.10 Å². The molecule has 0 bridgehead atoms. The van der Waals surface area contributed by atoms with Crippen LogP contribution in [-0.4, -0.2) is 20.5 Å². The summed E-state index contributed by atoms with van der Waals surface area (Å²) in [6.45, 7) is 3.87. The van der Waals surface area contributed by atoms with Crippen molar-refractivity contribution in [3.8, 4) is 0 Å². The van der Waals surface area contributed by atoms with Crippen LogP contribution in [0.15, 0.2) is 35.5 Å². The zero-order chi connectivity index (χ0) is 18.6. The summed E-state index contributed by atoms with van der Waals surface area (Å²) in [4.78, 5) is 16.3. The molecule has 0 radical (unpaired) electrons. The van der Waals surface area contributed by atoms with Gasteiger partial charge in [-0.1, -0.05) is 36.8 Å². The third-order valence-electron chi connectivity index (χ3n) is 4.77. The van der Waals surface area contributed by atoms with Gasteiger partial charge in [0.05, 0.1) is 0 Å². The monoisotopic (exact) mass is 362 g/mol. The van der Waals surface area contributed by atoms with E-state index in [9.17, 15) is 18.0 Å². The van der Waals surface area contributed by atoms with Crippen molar-refractivity contribution in [1.29, 1.82) is 0 Å². The average Bonchev–Trinajstić information content (AvgIpc) is 2.97. The van der Waals surface area contributed by atoms with Gasteiger partial charge in [0.25, 0.3) is 5.82 Å². The second-order valence-corrected chi connectivity index (χ2v) is 6.97. The molecule has 1 aliphatic carbocycles. The van der Waals surface area contributed by atoms with Gasteiger partial charge in [0, 0.05) is 17.7 Å². The Bertz CT molecular complexity index is 912. The first kappa shape index (κ1) is 16.8. The van der Waals surface area contributed by atoms with Crippen molar-refractivity contribution in [3.63, 3.8) is 0 Å². The van der Waals surface area contributed by atoms with Crippen molar-refractivity contribution < 1.29 is 18.0 Å². The highest BCUT2D eigenvalue weighted by Crippen LogP contribution is 2.42. The fourth-order valence-electron chi connectivity index (χ4n) is 3.58. The second kappa shape index (κ2) is 5.69. The van der Waals surface area contributed by atoms with Gasteiger partial charge in [-0.3, -0.25) is 4.79 Å². The van der Waals surface area contributed by atoms with Crippen molar-refractivity contribution in [3.05, 3.63) is 52.5 Å². The quantitative estimate of drug-likeness (QED) is 0.837. The van der Waals surface area contributed by atoms with Crippen molar-refractivity contribution in [2.45, 2.75) is 38.9 Å². The third kappa shape index (κ3) is 2.69. The van der Waals surface area contributed by atoms with E-state index in [4.69, 9.17) is 0 Å². The molecule has 8 heteroatoms. The number of carbonyl (C=O) groups is 1. The molecule has 0 spiro atoms. The van der Waals surface area contributed by atoms with E-state index in [1.54, 1.807) is 0 Å². The number of aromatic nitrogens is 3. The van der Waals surface area contributed by atoms with Gasteiger partial charge in [-0.25, -0.2) is 4.68 Å². The van der Waals surface area contributed by atoms with Crippen LogP contribution in [0.4, 0.5) is 19.1 Å². The molecule has 2 atom stereocenters. The average molecular weight is 362 g/mol. The molecule has 0 unspecified atom stereocenters. The molecule has 4 rings (SSSR count). The zero-order valence-electron chi connectivity index (χ0n) is 14.3. The number of ketones is 1. The van der Waals surface area contributed by atoms with Gasteiger partial charge in [0.15, 0.2) is 5.78 Å². The van der Waals surface area contributed by atoms with E-state index < -0.39 is 18.0 Å². The van der Waals surface area contributed by atoms with Crippen LogP contribution in [0.2, 0.25) is 0 Å². The molecule has 2 aromatic rings. The minimum absolute atomic E-state index is 0.0172. The Balaban J connectivity index is 1.90. The minimum Gasteiger partial charge on any atom is -0.328 e. The Morgan fingerprint density at radius 2 is 1.88 bits per heavy atom. The lowest BCUT2D eigenvalue weighted by molar-refractivity contribution is -0.145. The number of anilines is 1. The summed E-state index contributed by atoms with van der Waals surface area (Å²) >= 11 is 0. The van der Waals surface area contributed by atoms with Crippen molar-refractivity contribution >= 4 is 11.7 Å². The molecule has 0 saturated heterocycles. The fraction of sp³-hybridized carbons (Fsp3) is 0.389. The first-order valence-electron chi connectivity index (χ1n) is 8.37. The van der Waals surface area contributed by atoms with E-state index in [2.05, 4.69) is 15.4 Å². The first-order valence-corrected chi connectivity index (χ1v) is 8.37. The molecule has 0 amide bonds. The van der Waals surface area contributed by atoms with E-state index in [0.29, 0.717) is 29.7 Å². The number of aryl methyl sites for hydroxylation is 1. The number of rotatable bonds is 1. The summed E-state index contributed by atoms with van der Waals surface area (Å²) in [6.07, 6.45) is -3.68. The molecular formula is C18H17F3N4O. The fourth-order valence-corrected chi connectivity index (χ4v) is 3.58. The van der Waals surface area contributed by atoms with E-state index in [-0.39, 0.29) is 17.6 Å². The van der Waals surface area contributed by atoms with Gasteiger partial charge < -0.3 is 5.32 Å². The largest absolute Gasteiger partial charge is 0.453 e. The third-order valence-corrected chi connectivity index (χ3v) is 4.77. The molecule has 136 valence electrons. The SMILES string of the molecule is Cc1ccc([C@H]2C3=C(C[C@@H](C)CC3=O)Nc3nc(C(F)(F)F)nn32)cc1. The lowest BCUT2D eigenvalue weighted by Crippen LogP contribution is -2.33. The Kier molecular flexibility index (Phi) is 3.68. The number of Topliss-reactive ketones (excluding diaryl/α,β-unsaturated/α-hetero) is 1. The highest BCUT2D eigenvalue weighted by Gasteiger charge is 2.42. The zero-order valence-corrected chi connectivity index (χ0v) is 14.3. The number of benzene rings is 1. The van der Waals surface area contributed by atoms with Gasteiger partial charge in [0.1, 0.15) is 6.04 Å². The number of allylic oxidation sites excluding steroid dienone is 2. The van der Waals surface area contributed by atoms with Crippen LogP contribution in [-0.2, 0) is 11.0 Å². The van der Waals surface area contributed by atoms with E-state index in [0.717, 1.165) is 5.56 Å². The number of nitrogens with one attached hydrogen (secondary N) is 1. The Labute approximate surface area is 147 Å². The Morgan fingerprint density at radius 1 is 1.19 bits per heavy atom. The summed E-state index contributed by atoms with van der Waals surface area (Å²) in [6, 6.07) is 6.68. The highest BCUT2D eigenvalue weighted by molar-refractivity contribution is 5.99. The summed E-state index contributed by atoms with van der Waals surface area (Å²) in [7, 11) is 0. The molecule has 26 heavy (non-hydrogen) atoms. The molecule has 2 aliphatic rings. The van der Waals surface area contributed by atoms with Crippen molar-refractivity contribution in [1.82, 2.24) is 14.8 Å².